The zero-order valence-corrected chi connectivity index (χ0v) is 16.8. The molecule has 1 aliphatic heterocycles. The SMILES string of the molecule is CC(=O)c1ccc(OC[C@H](O)CN2C(=O)N[C@](C)(c3ccc(Cl)cc3)C2=O)cc1. The number of hydrogen-bond donors (Lipinski definition) is 2. The minimum absolute atomic E-state index is 0.0566. The number of benzene rings is 2. The first-order chi connectivity index (χ1) is 13.7. The average molecular weight is 417 g/mol. The fraction of sp³-hybridized carbons (Fsp3) is 0.286. The maximum absolute atomic E-state index is 12.9. The maximum atomic E-state index is 12.9. The molecule has 3 amide bonds. The number of aliphatic hydroxyl groups excluding tert-OH is 1. The van der Waals surface area contributed by atoms with E-state index in [9.17, 15) is 19.5 Å². The number of ether oxygens (including phenoxy) is 1. The van der Waals surface area contributed by atoms with Crippen LogP contribution in [0.5, 0.6) is 5.75 Å². The van der Waals surface area contributed by atoms with Crippen molar-refractivity contribution in [3.05, 3.63) is 64.7 Å². The summed E-state index contributed by atoms with van der Waals surface area (Å²) in [6, 6.07) is 12.5. The molecule has 0 unspecified atom stereocenters. The Morgan fingerprint density at radius 2 is 1.79 bits per heavy atom. The van der Waals surface area contributed by atoms with Gasteiger partial charge in [-0.05, 0) is 55.8 Å². The van der Waals surface area contributed by atoms with E-state index in [2.05, 4.69) is 5.32 Å². The topological polar surface area (TPSA) is 95.9 Å². The van der Waals surface area contributed by atoms with Crippen molar-refractivity contribution in [3.8, 4) is 5.75 Å². The third kappa shape index (κ3) is 4.41. The second kappa shape index (κ2) is 8.23. The van der Waals surface area contributed by atoms with Gasteiger partial charge in [0.25, 0.3) is 5.91 Å². The number of rotatable bonds is 7. The molecule has 29 heavy (non-hydrogen) atoms. The molecule has 7 nitrogen and oxygen atoms in total. The molecule has 3 rings (SSSR count). The number of β-amino-alcohol motifs (C(OH)–C–C–N with tert-alkyl or cyclic N) is 1. The van der Waals surface area contributed by atoms with Crippen LogP contribution >= 0.6 is 11.6 Å². The van der Waals surface area contributed by atoms with Crippen LogP contribution in [0.3, 0.4) is 0 Å². The number of carbonyl (C=O) groups excluding carboxylic acids is 3. The largest absolute Gasteiger partial charge is 0.491 e. The number of nitrogens with one attached hydrogen (secondary N) is 1. The summed E-state index contributed by atoms with van der Waals surface area (Å²) in [6.45, 7) is 2.75. The highest BCUT2D eigenvalue weighted by Gasteiger charge is 2.49. The Morgan fingerprint density at radius 3 is 2.38 bits per heavy atom. The number of urea groups is 1. The van der Waals surface area contributed by atoms with Gasteiger partial charge in [-0.25, -0.2) is 4.79 Å². The van der Waals surface area contributed by atoms with Gasteiger partial charge in [0.1, 0.15) is 24.0 Å². The Morgan fingerprint density at radius 1 is 1.17 bits per heavy atom. The highest BCUT2D eigenvalue weighted by Crippen LogP contribution is 2.29. The Bertz CT molecular complexity index is 929. The smallest absolute Gasteiger partial charge is 0.325 e. The summed E-state index contributed by atoms with van der Waals surface area (Å²) in [5.41, 5.74) is -0.0807. The molecule has 1 aliphatic rings. The van der Waals surface area contributed by atoms with Crippen LogP contribution in [0.4, 0.5) is 4.79 Å². The normalized spacial score (nSPS) is 19.8. The van der Waals surface area contributed by atoms with Crippen LogP contribution in [0, 0.1) is 0 Å². The summed E-state index contributed by atoms with van der Waals surface area (Å²) in [6.07, 6.45) is -1.08. The number of amides is 3. The van der Waals surface area contributed by atoms with E-state index in [1.807, 2.05) is 0 Å². The lowest BCUT2D eigenvalue weighted by atomic mass is 9.92. The van der Waals surface area contributed by atoms with Gasteiger partial charge < -0.3 is 15.2 Å². The first-order valence-corrected chi connectivity index (χ1v) is 9.40. The van der Waals surface area contributed by atoms with Crippen molar-refractivity contribution in [1.29, 1.82) is 0 Å². The number of imide groups is 1. The van der Waals surface area contributed by atoms with Gasteiger partial charge in [-0.1, -0.05) is 23.7 Å². The molecule has 8 heteroatoms. The molecule has 1 fully saturated rings. The summed E-state index contributed by atoms with van der Waals surface area (Å²) >= 11 is 5.89. The van der Waals surface area contributed by atoms with Gasteiger partial charge in [0, 0.05) is 10.6 Å². The third-order valence-corrected chi connectivity index (χ3v) is 5.05. The summed E-state index contributed by atoms with van der Waals surface area (Å²) in [5.74, 6) is -0.0502. The van der Waals surface area contributed by atoms with E-state index < -0.39 is 23.6 Å². The standard InChI is InChI=1S/C21H21ClN2O5/c1-13(25)14-3-9-18(10-4-14)29-12-17(26)11-24-19(27)21(2,23-20(24)28)15-5-7-16(22)8-6-15/h3-10,17,26H,11-12H2,1-2H3,(H,23,28)/t17-,21-/m1/s1. The molecule has 0 radical (unpaired) electrons. The Balaban J connectivity index is 1.62. The van der Waals surface area contributed by atoms with Gasteiger partial charge in [-0.2, -0.15) is 0 Å². The van der Waals surface area contributed by atoms with Crippen molar-refractivity contribution in [2.45, 2.75) is 25.5 Å². The number of hydrogen-bond acceptors (Lipinski definition) is 5. The summed E-state index contributed by atoms with van der Waals surface area (Å²) < 4.78 is 5.49. The predicted molar refractivity (Wildman–Crippen MR) is 107 cm³/mol. The molecular weight excluding hydrogens is 396 g/mol. The number of ketones is 1. The Hall–Kier alpha value is -2.90. The highest BCUT2D eigenvalue weighted by molar-refractivity contribution is 6.30. The van der Waals surface area contributed by atoms with E-state index in [1.54, 1.807) is 55.5 Å². The van der Waals surface area contributed by atoms with Gasteiger partial charge in [-0.3, -0.25) is 14.5 Å². The third-order valence-electron chi connectivity index (χ3n) is 4.79. The van der Waals surface area contributed by atoms with E-state index in [-0.39, 0.29) is 18.9 Å². The first kappa shape index (κ1) is 20.8. The molecule has 1 heterocycles. The second-order valence-electron chi connectivity index (χ2n) is 7.02. The van der Waals surface area contributed by atoms with Gasteiger partial charge in [-0.15, -0.1) is 0 Å². The van der Waals surface area contributed by atoms with E-state index in [0.29, 0.717) is 21.9 Å². The maximum Gasteiger partial charge on any atom is 0.325 e. The van der Waals surface area contributed by atoms with Crippen LogP contribution in [0.1, 0.15) is 29.8 Å². The van der Waals surface area contributed by atoms with Crippen molar-refractivity contribution in [2.75, 3.05) is 13.2 Å². The number of aliphatic hydroxyl groups is 1. The zero-order valence-electron chi connectivity index (χ0n) is 16.0. The van der Waals surface area contributed by atoms with Crippen LogP contribution in [0.25, 0.3) is 0 Å². The zero-order chi connectivity index (χ0) is 21.2. The lowest BCUT2D eigenvalue weighted by Crippen LogP contribution is -2.42. The van der Waals surface area contributed by atoms with Gasteiger partial charge >= 0.3 is 6.03 Å². The lowest BCUT2D eigenvalue weighted by molar-refractivity contribution is -0.132. The molecule has 2 N–H and O–H groups in total. The van der Waals surface area contributed by atoms with Crippen molar-refractivity contribution in [1.82, 2.24) is 10.2 Å². The molecule has 2 aromatic rings. The van der Waals surface area contributed by atoms with Crippen molar-refractivity contribution in [2.24, 2.45) is 0 Å². The van der Waals surface area contributed by atoms with Gasteiger partial charge in [0.05, 0.1) is 6.54 Å². The summed E-state index contributed by atoms with van der Waals surface area (Å²) in [4.78, 5) is 37.5. The molecule has 0 bridgehead atoms. The Kier molecular flexibility index (Phi) is 5.91. The molecule has 2 atom stereocenters. The fourth-order valence-corrected chi connectivity index (χ4v) is 3.21. The van der Waals surface area contributed by atoms with Crippen LogP contribution < -0.4 is 10.1 Å². The fourth-order valence-electron chi connectivity index (χ4n) is 3.08. The summed E-state index contributed by atoms with van der Waals surface area (Å²) in [5, 5.41) is 13.5. The molecule has 0 saturated carbocycles. The van der Waals surface area contributed by atoms with Gasteiger partial charge in [0.2, 0.25) is 0 Å². The molecule has 2 aromatic carbocycles. The quantitative estimate of drug-likeness (QED) is 0.534. The van der Waals surface area contributed by atoms with Crippen molar-refractivity contribution < 1.29 is 24.2 Å². The minimum atomic E-state index is -1.23. The van der Waals surface area contributed by atoms with Crippen LogP contribution in [0.15, 0.2) is 48.5 Å². The molecule has 0 spiro atoms. The number of halogens is 1. The van der Waals surface area contributed by atoms with Crippen LogP contribution in [-0.2, 0) is 10.3 Å². The van der Waals surface area contributed by atoms with Crippen LogP contribution in [0.2, 0.25) is 5.02 Å². The first-order valence-electron chi connectivity index (χ1n) is 9.03. The summed E-state index contributed by atoms with van der Waals surface area (Å²) in [7, 11) is 0. The van der Waals surface area contributed by atoms with Crippen molar-refractivity contribution >= 4 is 29.3 Å². The molecule has 1 saturated heterocycles. The lowest BCUT2D eigenvalue weighted by Gasteiger charge is -2.23. The average Bonchev–Trinajstić information content (AvgIpc) is 2.91. The number of nitrogens with zero attached hydrogens (tertiary/aromatic N) is 1. The predicted octanol–water partition coefficient (Wildman–Crippen LogP) is 2.75. The van der Waals surface area contributed by atoms with E-state index >= 15 is 0 Å². The molecular formula is C21H21ClN2O5. The van der Waals surface area contributed by atoms with E-state index in [0.717, 1.165) is 4.90 Å². The minimum Gasteiger partial charge on any atom is -0.491 e. The van der Waals surface area contributed by atoms with Gasteiger partial charge in [0.15, 0.2) is 5.78 Å². The number of Topliss-reactive ketones (excluding diaryl/α,β-unsaturated/α-hetero) is 1. The second-order valence-corrected chi connectivity index (χ2v) is 7.46. The van der Waals surface area contributed by atoms with E-state index in [1.165, 1.54) is 6.92 Å². The van der Waals surface area contributed by atoms with Crippen molar-refractivity contribution in [3.63, 3.8) is 0 Å². The monoisotopic (exact) mass is 416 g/mol. The Labute approximate surface area is 173 Å². The van der Waals surface area contributed by atoms with Crippen LogP contribution in [-0.4, -0.2) is 47.0 Å². The van der Waals surface area contributed by atoms with E-state index in [4.69, 9.17) is 16.3 Å². The molecule has 152 valence electrons. The highest BCUT2D eigenvalue weighted by atomic mass is 35.5. The molecule has 0 aromatic heterocycles. The number of carbonyl (C=O) groups is 3. The molecule has 0 aliphatic carbocycles.